The van der Waals surface area contributed by atoms with Crippen LogP contribution >= 0.6 is 0 Å². The Kier molecular flexibility index (Phi) is 3.15. The van der Waals surface area contributed by atoms with Gasteiger partial charge in [0, 0.05) is 35.4 Å². The summed E-state index contributed by atoms with van der Waals surface area (Å²) in [6.45, 7) is 4.22. The third-order valence-electron chi connectivity index (χ3n) is 3.79. The van der Waals surface area contributed by atoms with Gasteiger partial charge >= 0.3 is 0 Å². The number of aryl methyl sites for hydroxylation is 2. The molecular weight excluding hydrogens is 244 g/mol. The number of benzene rings is 2. The summed E-state index contributed by atoms with van der Waals surface area (Å²) in [7, 11) is 2.10. The number of hydrogen-bond acceptors (Lipinski definition) is 1. The molecule has 0 atom stereocenters. The van der Waals surface area contributed by atoms with Crippen LogP contribution < -0.4 is 0 Å². The van der Waals surface area contributed by atoms with Gasteiger partial charge in [-0.15, -0.1) is 0 Å². The molecule has 0 amide bonds. The summed E-state index contributed by atoms with van der Waals surface area (Å²) in [5, 5.41) is 1.25. The molecule has 3 rings (SSSR count). The van der Waals surface area contributed by atoms with Crippen LogP contribution in [0.5, 0.6) is 0 Å². The number of aromatic nitrogens is 1. The first-order valence-electron chi connectivity index (χ1n) is 6.81. The fourth-order valence-electron chi connectivity index (χ4n) is 2.56. The molecule has 1 heterocycles. The average molecular weight is 262 g/mol. The largest absolute Gasteiger partial charge is 0.347 e. The van der Waals surface area contributed by atoms with Crippen molar-refractivity contribution in [3.05, 3.63) is 65.4 Å². The Bertz CT molecular complexity index is 794. The van der Waals surface area contributed by atoms with E-state index in [4.69, 9.17) is 0 Å². The Morgan fingerprint density at radius 3 is 2.60 bits per heavy atom. The molecule has 2 aromatic carbocycles. The van der Waals surface area contributed by atoms with E-state index in [1.807, 2.05) is 18.3 Å². The molecule has 0 unspecified atom stereocenters. The minimum absolute atomic E-state index is 0.998. The molecule has 20 heavy (non-hydrogen) atoms. The van der Waals surface area contributed by atoms with Crippen LogP contribution in [0.25, 0.3) is 10.9 Å². The maximum Gasteiger partial charge on any atom is 0.0632 e. The lowest BCUT2D eigenvalue weighted by atomic mass is 10.1. The fraction of sp³-hybridized carbons (Fsp3) is 0.167. The van der Waals surface area contributed by atoms with Gasteiger partial charge in [0.2, 0.25) is 0 Å². The van der Waals surface area contributed by atoms with Crippen molar-refractivity contribution >= 4 is 22.8 Å². The summed E-state index contributed by atoms with van der Waals surface area (Å²) in [6.07, 6.45) is 1.98. The standard InChI is InChI=1S/C18H18N2/c1-13-7-6-8-15(11-13)19-12-17-14(2)20(3)18-10-5-4-9-16(17)18/h4-12H,1-3H3. The zero-order valence-electron chi connectivity index (χ0n) is 12.1. The monoisotopic (exact) mass is 262 g/mol. The molecular formula is C18H18N2. The molecule has 0 aliphatic heterocycles. The van der Waals surface area contributed by atoms with E-state index in [2.05, 4.69) is 66.9 Å². The zero-order chi connectivity index (χ0) is 14.1. The Balaban J connectivity index is 2.09. The average Bonchev–Trinajstić information content (AvgIpc) is 2.70. The molecule has 3 aromatic rings. The predicted octanol–water partition coefficient (Wildman–Crippen LogP) is 4.55. The molecule has 0 saturated carbocycles. The number of hydrogen-bond donors (Lipinski definition) is 0. The fourth-order valence-corrected chi connectivity index (χ4v) is 2.56. The van der Waals surface area contributed by atoms with Crippen LogP contribution in [0.15, 0.2) is 53.5 Å². The first-order chi connectivity index (χ1) is 9.66. The van der Waals surface area contributed by atoms with E-state index in [9.17, 15) is 0 Å². The maximum absolute atomic E-state index is 4.62. The van der Waals surface area contributed by atoms with Crippen molar-refractivity contribution in [2.45, 2.75) is 13.8 Å². The molecule has 1 aromatic heterocycles. The van der Waals surface area contributed by atoms with Gasteiger partial charge in [-0.25, -0.2) is 0 Å². The number of para-hydroxylation sites is 1. The molecule has 0 bridgehead atoms. The van der Waals surface area contributed by atoms with E-state index in [1.54, 1.807) is 0 Å². The van der Waals surface area contributed by atoms with Crippen molar-refractivity contribution in [2.75, 3.05) is 0 Å². The van der Waals surface area contributed by atoms with E-state index < -0.39 is 0 Å². The van der Waals surface area contributed by atoms with Crippen molar-refractivity contribution in [2.24, 2.45) is 12.0 Å². The lowest BCUT2D eigenvalue weighted by molar-refractivity contribution is 0.917. The number of fused-ring (bicyclic) bond motifs is 1. The molecule has 0 saturated heterocycles. The highest BCUT2D eigenvalue weighted by Gasteiger charge is 2.08. The predicted molar refractivity (Wildman–Crippen MR) is 86.1 cm³/mol. The SMILES string of the molecule is Cc1cccc(N=Cc2c(C)n(C)c3ccccc23)c1. The highest BCUT2D eigenvalue weighted by molar-refractivity contribution is 6.01. The summed E-state index contributed by atoms with van der Waals surface area (Å²) in [5.74, 6) is 0. The molecule has 100 valence electrons. The normalized spacial score (nSPS) is 11.6. The molecule has 0 fully saturated rings. The van der Waals surface area contributed by atoms with Gasteiger partial charge in [-0.05, 0) is 37.6 Å². The molecule has 0 radical (unpaired) electrons. The second-order valence-electron chi connectivity index (χ2n) is 5.17. The number of aliphatic imine (C=N–C) groups is 1. The van der Waals surface area contributed by atoms with Gasteiger partial charge in [-0.2, -0.15) is 0 Å². The highest BCUT2D eigenvalue weighted by atomic mass is 14.9. The Labute approximate surface area is 119 Å². The lowest BCUT2D eigenvalue weighted by Gasteiger charge is -1.98. The molecule has 2 heteroatoms. The van der Waals surface area contributed by atoms with Crippen LogP contribution in [0.1, 0.15) is 16.8 Å². The molecule has 0 aliphatic rings. The first kappa shape index (κ1) is 12.7. The molecule has 0 aliphatic carbocycles. The third-order valence-corrected chi connectivity index (χ3v) is 3.79. The Hall–Kier alpha value is -2.35. The minimum atomic E-state index is 0.998. The van der Waals surface area contributed by atoms with Crippen molar-refractivity contribution in [1.29, 1.82) is 0 Å². The first-order valence-corrected chi connectivity index (χ1v) is 6.81. The van der Waals surface area contributed by atoms with Gasteiger partial charge in [0.15, 0.2) is 0 Å². The van der Waals surface area contributed by atoms with E-state index in [0.717, 1.165) is 5.69 Å². The summed E-state index contributed by atoms with van der Waals surface area (Å²) in [4.78, 5) is 4.62. The van der Waals surface area contributed by atoms with Gasteiger partial charge in [0.25, 0.3) is 0 Å². The molecule has 0 spiro atoms. The van der Waals surface area contributed by atoms with E-state index in [0.29, 0.717) is 0 Å². The van der Waals surface area contributed by atoms with Gasteiger partial charge in [-0.1, -0.05) is 30.3 Å². The Morgan fingerprint density at radius 1 is 1.00 bits per heavy atom. The summed E-state index contributed by atoms with van der Waals surface area (Å²) in [6, 6.07) is 16.7. The minimum Gasteiger partial charge on any atom is -0.347 e. The van der Waals surface area contributed by atoms with E-state index in [1.165, 1.54) is 27.7 Å². The summed E-state index contributed by atoms with van der Waals surface area (Å²) in [5.41, 5.74) is 5.91. The van der Waals surface area contributed by atoms with E-state index >= 15 is 0 Å². The quantitative estimate of drug-likeness (QED) is 0.603. The van der Waals surface area contributed by atoms with Crippen LogP contribution in [-0.4, -0.2) is 10.8 Å². The van der Waals surface area contributed by atoms with Gasteiger partial charge in [-0.3, -0.25) is 4.99 Å². The third kappa shape index (κ3) is 2.14. The van der Waals surface area contributed by atoms with Crippen LogP contribution in [0.2, 0.25) is 0 Å². The maximum atomic E-state index is 4.62. The summed E-state index contributed by atoms with van der Waals surface area (Å²) >= 11 is 0. The van der Waals surface area contributed by atoms with Gasteiger partial charge < -0.3 is 4.57 Å². The topological polar surface area (TPSA) is 17.3 Å². The van der Waals surface area contributed by atoms with Gasteiger partial charge in [0.1, 0.15) is 0 Å². The Morgan fingerprint density at radius 2 is 1.80 bits per heavy atom. The van der Waals surface area contributed by atoms with Crippen LogP contribution in [0.3, 0.4) is 0 Å². The second kappa shape index (κ2) is 4.97. The number of rotatable bonds is 2. The molecule has 0 N–H and O–H groups in total. The van der Waals surface area contributed by atoms with Crippen LogP contribution in [-0.2, 0) is 7.05 Å². The smallest absolute Gasteiger partial charge is 0.0632 e. The van der Waals surface area contributed by atoms with Crippen LogP contribution in [0.4, 0.5) is 5.69 Å². The van der Waals surface area contributed by atoms with Crippen molar-refractivity contribution in [1.82, 2.24) is 4.57 Å². The van der Waals surface area contributed by atoms with Crippen molar-refractivity contribution < 1.29 is 0 Å². The van der Waals surface area contributed by atoms with E-state index in [-0.39, 0.29) is 0 Å². The highest BCUT2D eigenvalue weighted by Crippen LogP contribution is 2.24. The zero-order valence-corrected chi connectivity index (χ0v) is 12.1. The van der Waals surface area contributed by atoms with Crippen LogP contribution in [0, 0.1) is 13.8 Å². The van der Waals surface area contributed by atoms with Gasteiger partial charge in [0.05, 0.1) is 5.69 Å². The lowest BCUT2D eigenvalue weighted by Crippen LogP contribution is -1.91. The second-order valence-corrected chi connectivity index (χ2v) is 5.17. The number of nitrogens with zero attached hydrogens (tertiary/aromatic N) is 2. The van der Waals surface area contributed by atoms with Crippen molar-refractivity contribution in [3.8, 4) is 0 Å². The molecule has 2 nitrogen and oxygen atoms in total. The van der Waals surface area contributed by atoms with Crippen molar-refractivity contribution in [3.63, 3.8) is 0 Å². The summed E-state index contributed by atoms with van der Waals surface area (Å²) < 4.78 is 2.22.